The van der Waals surface area contributed by atoms with Gasteiger partial charge < -0.3 is 24.4 Å². The van der Waals surface area contributed by atoms with Crippen LogP contribution in [-0.4, -0.2) is 50.7 Å². The van der Waals surface area contributed by atoms with Crippen LogP contribution in [-0.2, 0) is 6.54 Å². The topological polar surface area (TPSA) is 64.6 Å². The predicted molar refractivity (Wildman–Crippen MR) is 110 cm³/mol. The van der Waals surface area contributed by atoms with E-state index in [-0.39, 0.29) is 17.3 Å². The Kier molecular flexibility index (Phi) is 5.56. The SMILES string of the molecule is CCOc1ccccc1/C=C1\Oc2c(ccc(O)c2C[NH+]2CC[NH+](C)CC2)C1=O. The third-order valence-electron chi connectivity index (χ3n) is 5.66. The molecule has 2 aromatic rings. The number of carbonyl (C=O) groups is 1. The predicted octanol–water partition coefficient (Wildman–Crippen LogP) is 0.320. The number of allylic oxidation sites excluding steroid dienone is 1. The quantitative estimate of drug-likeness (QED) is 0.637. The van der Waals surface area contributed by atoms with E-state index in [2.05, 4.69) is 7.05 Å². The number of rotatable bonds is 5. The van der Waals surface area contributed by atoms with E-state index in [1.807, 2.05) is 31.2 Å². The number of phenolic OH excluding ortho intramolecular Hbond substituents is 1. The molecule has 6 heteroatoms. The van der Waals surface area contributed by atoms with Crippen LogP contribution in [0.4, 0.5) is 0 Å². The Morgan fingerprint density at radius 1 is 1.14 bits per heavy atom. The molecule has 4 rings (SSSR count). The summed E-state index contributed by atoms with van der Waals surface area (Å²) in [6.07, 6.45) is 1.72. The molecule has 2 aromatic carbocycles. The van der Waals surface area contributed by atoms with Gasteiger partial charge in [-0.1, -0.05) is 18.2 Å². The van der Waals surface area contributed by atoms with Crippen molar-refractivity contribution in [3.63, 3.8) is 0 Å². The average molecular weight is 396 g/mol. The molecule has 0 aliphatic carbocycles. The number of fused-ring (bicyclic) bond motifs is 1. The van der Waals surface area contributed by atoms with Crippen molar-refractivity contribution in [2.75, 3.05) is 39.8 Å². The molecule has 3 N–H and O–H groups in total. The van der Waals surface area contributed by atoms with Crippen molar-refractivity contribution < 1.29 is 29.2 Å². The summed E-state index contributed by atoms with van der Waals surface area (Å²) in [6.45, 7) is 7.39. The number of nitrogens with one attached hydrogen (secondary N) is 2. The summed E-state index contributed by atoms with van der Waals surface area (Å²) in [6, 6.07) is 10.8. The third-order valence-corrected chi connectivity index (χ3v) is 5.66. The first-order valence-electron chi connectivity index (χ1n) is 10.2. The average Bonchev–Trinajstić information content (AvgIpc) is 3.03. The third kappa shape index (κ3) is 3.99. The van der Waals surface area contributed by atoms with Crippen molar-refractivity contribution in [2.45, 2.75) is 13.5 Å². The number of ether oxygens (including phenoxy) is 2. The van der Waals surface area contributed by atoms with Crippen LogP contribution in [0.1, 0.15) is 28.4 Å². The van der Waals surface area contributed by atoms with Crippen LogP contribution in [0.3, 0.4) is 0 Å². The van der Waals surface area contributed by atoms with Gasteiger partial charge in [-0.3, -0.25) is 4.79 Å². The van der Waals surface area contributed by atoms with Crippen molar-refractivity contribution >= 4 is 11.9 Å². The van der Waals surface area contributed by atoms with Gasteiger partial charge in [-0.15, -0.1) is 0 Å². The Labute approximate surface area is 171 Å². The fourth-order valence-electron chi connectivity index (χ4n) is 3.95. The molecule has 0 atom stereocenters. The minimum Gasteiger partial charge on any atom is -0.507 e. The smallest absolute Gasteiger partial charge is 0.231 e. The lowest BCUT2D eigenvalue weighted by Gasteiger charge is -2.27. The van der Waals surface area contributed by atoms with Crippen molar-refractivity contribution in [1.29, 1.82) is 0 Å². The Hall–Kier alpha value is -2.83. The molecule has 2 aliphatic rings. The first-order valence-corrected chi connectivity index (χ1v) is 10.2. The fourth-order valence-corrected chi connectivity index (χ4v) is 3.95. The lowest BCUT2D eigenvalue weighted by Crippen LogP contribution is -3.26. The Morgan fingerprint density at radius 3 is 2.66 bits per heavy atom. The Morgan fingerprint density at radius 2 is 1.90 bits per heavy atom. The highest BCUT2D eigenvalue weighted by atomic mass is 16.5. The minimum atomic E-state index is -0.162. The van der Waals surface area contributed by atoms with E-state index in [4.69, 9.17) is 9.47 Å². The van der Waals surface area contributed by atoms with E-state index >= 15 is 0 Å². The van der Waals surface area contributed by atoms with Crippen LogP contribution in [0, 0.1) is 0 Å². The van der Waals surface area contributed by atoms with Crippen molar-refractivity contribution in [3.05, 3.63) is 58.8 Å². The van der Waals surface area contributed by atoms with Crippen LogP contribution in [0.2, 0.25) is 0 Å². The summed E-state index contributed by atoms with van der Waals surface area (Å²) in [4.78, 5) is 15.9. The molecular formula is C23H28N2O4+2. The number of aromatic hydroxyl groups is 1. The zero-order chi connectivity index (χ0) is 20.4. The number of ketones is 1. The molecule has 0 saturated carbocycles. The molecule has 1 saturated heterocycles. The largest absolute Gasteiger partial charge is 0.507 e. The minimum absolute atomic E-state index is 0.162. The molecule has 0 spiro atoms. The molecule has 2 aliphatic heterocycles. The van der Waals surface area contributed by atoms with Crippen LogP contribution in [0.5, 0.6) is 17.2 Å². The van der Waals surface area contributed by atoms with Crippen molar-refractivity contribution in [1.82, 2.24) is 0 Å². The standard InChI is InChI=1S/C23H26N2O4/c1-3-28-20-7-5-4-6-16(20)14-21-22(27)17-8-9-19(26)18(23(17)29-21)15-25-12-10-24(2)11-13-25/h4-9,14,26H,3,10-13,15H2,1-2H3/p+2/b21-14-. The Bertz CT molecular complexity index is 946. The first kappa shape index (κ1) is 19.5. The molecule has 0 amide bonds. The zero-order valence-corrected chi connectivity index (χ0v) is 17.0. The van der Waals surface area contributed by atoms with E-state index in [0.29, 0.717) is 35.8 Å². The van der Waals surface area contributed by atoms with Crippen molar-refractivity contribution in [3.8, 4) is 17.2 Å². The van der Waals surface area contributed by atoms with Gasteiger partial charge in [-0.25, -0.2) is 0 Å². The maximum Gasteiger partial charge on any atom is 0.231 e. The lowest BCUT2D eigenvalue weighted by molar-refractivity contribution is -1.01. The number of phenols is 1. The van der Waals surface area contributed by atoms with E-state index in [1.54, 1.807) is 18.2 Å². The zero-order valence-electron chi connectivity index (χ0n) is 17.0. The molecule has 0 unspecified atom stereocenters. The monoisotopic (exact) mass is 396 g/mol. The number of hydrogen-bond donors (Lipinski definition) is 3. The van der Waals surface area contributed by atoms with Crippen LogP contribution in [0.15, 0.2) is 42.2 Å². The van der Waals surface area contributed by atoms with Gasteiger partial charge in [0.25, 0.3) is 0 Å². The van der Waals surface area contributed by atoms with Gasteiger partial charge in [0.15, 0.2) is 11.5 Å². The molecule has 1 fully saturated rings. The number of likely N-dealkylation sites (N-methyl/N-ethyl adjacent to an activating group) is 1. The number of quaternary nitrogens is 2. The van der Waals surface area contributed by atoms with Crippen molar-refractivity contribution in [2.24, 2.45) is 0 Å². The van der Waals surface area contributed by atoms with Gasteiger partial charge in [0, 0.05) is 5.56 Å². The Balaban J connectivity index is 1.63. The van der Waals surface area contributed by atoms with E-state index in [1.165, 1.54) is 9.80 Å². The normalized spacial score (nSPS) is 22.4. The number of carbonyl (C=O) groups excluding carboxylic acids is 1. The number of para-hydroxylation sites is 1. The summed E-state index contributed by atoms with van der Waals surface area (Å²) in [5, 5.41) is 10.5. The molecule has 6 nitrogen and oxygen atoms in total. The summed E-state index contributed by atoms with van der Waals surface area (Å²) in [5.41, 5.74) is 2.02. The first-order chi connectivity index (χ1) is 14.1. The van der Waals surface area contributed by atoms with Crippen LogP contribution >= 0.6 is 0 Å². The molecular weight excluding hydrogens is 368 g/mol. The molecule has 0 radical (unpaired) electrons. The van der Waals surface area contributed by atoms with Crippen LogP contribution in [0.25, 0.3) is 6.08 Å². The molecule has 29 heavy (non-hydrogen) atoms. The van der Waals surface area contributed by atoms with Gasteiger partial charge in [0.05, 0.1) is 24.8 Å². The molecule has 0 aromatic heterocycles. The maximum atomic E-state index is 12.9. The summed E-state index contributed by atoms with van der Waals surface area (Å²) in [5.74, 6) is 1.49. The lowest BCUT2D eigenvalue weighted by atomic mass is 10.0. The second kappa shape index (κ2) is 8.27. The summed E-state index contributed by atoms with van der Waals surface area (Å²) >= 11 is 0. The van der Waals surface area contributed by atoms with Gasteiger partial charge in [-0.2, -0.15) is 0 Å². The van der Waals surface area contributed by atoms with E-state index in [9.17, 15) is 9.90 Å². The highest BCUT2D eigenvalue weighted by molar-refractivity contribution is 6.15. The summed E-state index contributed by atoms with van der Waals surface area (Å²) in [7, 11) is 2.20. The van der Waals surface area contributed by atoms with Gasteiger partial charge in [-0.05, 0) is 31.2 Å². The van der Waals surface area contributed by atoms with Gasteiger partial charge in [0.2, 0.25) is 5.78 Å². The number of hydrogen-bond acceptors (Lipinski definition) is 4. The number of Topliss-reactive ketones (excluding diaryl/α,β-unsaturated/α-hetero) is 1. The number of piperazine rings is 1. The van der Waals surface area contributed by atoms with Gasteiger partial charge >= 0.3 is 0 Å². The van der Waals surface area contributed by atoms with E-state index < -0.39 is 0 Å². The van der Waals surface area contributed by atoms with Crippen LogP contribution < -0.4 is 19.3 Å². The highest BCUT2D eigenvalue weighted by Crippen LogP contribution is 2.39. The molecule has 0 bridgehead atoms. The highest BCUT2D eigenvalue weighted by Gasteiger charge is 2.33. The second-order valence-corrected chi connectivity index (χ2v) is 7.73. The van der Waals surface area contributed by atoms with Gasteiger partial charge in [0.1, 0.15) is 44.2 Å². The molecule has 152 valence electrons. The number of benzene rings is 2. The maximum absolute atomic E-state index is 12.9. The second-order valence-electron chi connectivity index (χ2n) is 7.73. The summed E-state index contributed by atoms with van der Waals surface area (Å²) < 4.78 is 11.7. The molecule has 2 heterocycles. The van der Waals surface area contributed by atoms with E-state index in [0.717, 1.165) is 31.7 Å². The fraction of sp³-hybridized carbons (Fsp3) is 0.348.